The molecule has 0 aliphatic heterocycles. The van der Waals surface area contributed by atoms with E-state index in [1.807, 2.05) is 0 Å². The second-order valence-electron chi connectivity index (χ2n) is 5.83. The van der Waals surface area contributed by atoms with Gasteiger partial charge in [-0.2, -0.15) is 32.4 Å². The summed E-state index contributed by atoms with van der Waals surface area (Å²) in [6, 6.07) is 7.49. The lowest BCUT2D eigenvalue weighted by Gasteiger charge is -2.11. The maximum absolute atomic E-state index is 13.0. The van der Waals surface area contributed by atoms with Gasteiger partial charge < -0.3 is 4.42 Å². The first-order chi connectivity index (χ1) is 13.8. The van der Waals surface area contributed by atoms with Gasteiger partial charge in [-0.1, -0.05) is 12.1 Å². The van der Waals surface area contributed by atoms with E-state index in [0.29, 0.717) is 15.8 Å². The first-order valence-corrected chi connectivity index (χ1v) is 8.14. The fourth-order valence-corrected chi connectivity index (χ4v) is 2.35. The minimum Gasteiger partial charge on any atom is -0.415 e. The molecule has 0 fully saturated rings. The molecule has 8 nitrogen and oxygen atoms in total. The number of halogens is 4. The Hall–Kier alpha value is -3.57. The van der Waals surface area contributed by atoms with Crippen molar-refractivity contribution >= 4 is 12.1 Å². The van der Waals surface area contributed by atoms with Crippen molar-refractivity contribution < 1.29 is 26.8 Å². The number of nitrogens with zero attached hydrogens (tertiary/aromatic N) is 6. The average molecular weight is 410 g/mol. The van der Waals surface area contributed by atoms with Gasteiger partial charge in [0.2, 0.25) is 5.89 Å². The van der Waals surface area contributed by atoms with Gasteiger partial charge in [-0.05, 0) is 30.7 Å². The third kappa shape index (κ3) is 4.47. The van der Waals surface area contributed by atoms with E-state index in [9.17, 15) is 22.4 Å². The van der Waals surface area contributed by atoms with E-state index in [1.165, 1.54) is 26.3 Å². The Bertz CT molecular complexity index is 1030. The van der Waals surface area contributed by atoms with E-state index in [4.69, 9.17) is 4.42 Å². The van der Waals surface area contributed by atoms with Crippen LogP contribution in [0.2, 0.25) is 0 Å². The van der Waals surface area contributed by atoms with Crippen molar-refractivity contribution in [2.45, 2.75) is 19.9 Å². The Kier molecular flexibility index (Phi) is 5.71. The first-order valence-electron chi connectivity index (χ1n) is 8.14. The van der Waals surface area contributed by atoms with Gasteiger partial charge in [0.1, 0.15) is 5.69 Å². The lowest BCUT2D eigenvalue weighted by molar-refractivity contribution is 0.0474. The number of benzene rings is 1. The van der Waals surface area contributed by atoms with Crippen LogP contribution in [0.5, 0.6) is 0 Å². The summed E-state index contributed by atoms with van der Waals surface area (Å²) in [6.07, 6.45) is -1.53. The van der Waals surface area contributed by atoms with Crippen LogP contribution in [0.25, 0.3) is 11.5 Å². The molecule has 152 valence electrons. The summed E-state index contributed by atoms with van der Waals surface area (Å²) in [5.74, 6) is -1.60. The van der Waals surface area contributed by atoms with Crippen LogP contribution in [-0.4, -0.2) is 44.2 Å². The van der Waals surface area contributed by atoms with Crippen LogP contribution in [0, 0.1) is 6.92 Å². The normalized spacial score (nSPS) is 11.7. The zero-order valence-corrected chi connectivity index (χ0v) is 15.1. The van der Waals surface area contributed by atoms with Gasteiger partial charge in [-0.15, -0.1) is 10.2 Å². The summed E-state index contributed by atoms with van der Waals surface area (Å²) in [5.41, 5.74) is 0.958. The van der Waals surface area contributed by atoms with Crippen LogP contribution in [0.1, 0.15) is 40.6 Å². The molecule has 0 N–H and O–H groups in total. The molecule has 0 atom stereocenters. The van der Waals surface area contributed by atoms with Gasteiger partial charge in [0, 0.05) is 12.6 Å². The number of carbonyl (C=O) groups excluding carboxylic acids is 1. The highest BCUT2D eigenvalue weighted by Gasteiger charge is 2.22. The number of hydrogen-bond donors (Lipinski definition) is 0. The zero-order valence-electron chi connectivity index (χ0n) is 15.1. The highest BCUT2D eigenvalue weighted by Crippen LogP contribution is 2.23. The molecule has 3 rings (SSSR count). The van der Waals surface area contributed by atoms with Crippen molar-refractivity contribution in [1.82, 2.24) is 25.0 Å². The zero-order chi connectivity index (χ0) is 21.1. The summed E-state index contributed by atoms with van der Waals surface area (Å²) in [4.78, 5) is 12.3. The highest BCUT2D eigenvalue weighted by molar-refractivity contribution is 5.93. The molecule has 0 spiro atoms. The molecule has 0 radical (unpaired) electrons. The monoisotopic (exact) mass is 410 g/mol. The molecular weight excluding hydrogens is 396 g/mol. The Balaban J connectivity index is 1.71. The standard InChI is InChI=1S/C17H14F4N6O2/c1-9-7-12(27(25-9)17(20)21)16(28)26(2)22-8-10-3-5-11(6-4-10)14-23-24-15(29-14)13(18)19/h3-8,13,17H,1-2H3/b22-8+. The number of amides is 1. The SMILES string of the molecule is Cc1cc(C(=O)N(C)/N=C/c2ccc(-c3nnc(C(F)F)o3)cc2)n(C(F)F)n1. The molecule has 0 saturated heterocycles. The Morgan fingerprint density at radius 2 is 1.90 bits per heavy atom. The van der Waals surface area contributed by atoms with Crippen molar-refractivity contribution in [1.29, 1.82) is 0 Å². The molecule has 0 bridgehead atoms. The minimum atomic E-state index is -2.96. The maximum Gasteiger partial charge on any atom is 0.333 e. The van der Waals surface area contributed by atoms with Gasteiger partial charge in [0.05, 0.1) is 11.9 Å². The molecule has 0 aliphatic rings. The molecule has 12 heteroatoms. The van der Waals surface area contributed by atoms with Crippen molar-refractivity contribution in [3.8, 4) is 11.5 Å². The molecule has 1 amide bonds. The van der Waals surface area contributed by atoms with Gasteiger partial charge >= 0.3 is 13.0 Å². The quantitative estimate of drug-likeness (QED) is 0.351. The van der Waals surface area contributed by atoms with Gasteiger partial charge in [0.25, 0.3) is 11.8 Å². The van der Waals surface area contributed by atoms with E-state index in [0.717, 1.165) is 5.01 Å². The number of hydrazone groups is 1. The summed E-state index contributed by atoms with van der Waals surface area (Å²) in [5, 5.41) is 15.2. The number of aryl methyl sites for hydroxylation is 1. The molecule has 1 aromatic carbocycles. The lowest BCUT2D eigenvalue weighted by Crippen LogP contribution is -2.25. The van der Waals surface area contributed by atoms with E-state index in [2.05, 4.69) is 20.4 Å². The van der Waals surface area contributed by atoms with Crippen molar-refractivity contribution in [3.05, 3.63) is 53.2 Å². The molecule has 2 heterocycles. The number of aromatic nitrogens is 4. The van der Waals surface area contributed by atoms with Crippen LogP contribution in [-0.2, 0) is 0 Å². The number of carbonyl (C=O) groups is 1. The minimum absolute atomic E-state index is 0.0632. The fourth-order valence-electron chi connectivity index (χ4n) is 2.35. The largest absolute Gasteiger partial charge is 0.415 e. The number of rotatable bonds is 6. The summed E-state index contributed by atoms with van der Waals surface area (Å²) in [7, 11) is 1.32. The van der Waals surface area contributed by atoms with E-state index >= 15 is 0 Å². The summed E-state index contributed by atoms with van der Waals surface area (Å²) < 4.78 is 56.1. The third-order valence-corrected chi connectivity index (χ3v) is 3.72. The van der Waals surface area contributed by atoms with E-state index < -0.39 is 24.8 Å². The molecule has 2 aromatic heterocycles. The maximum atomic E-state index is 13.0. The topological polar surface area (TPSA) is 89.4 Å². The van der Waals surface area contributed by atoms with Crippen LogP contribution in [0.3, 0.4) is 0 Å². The molecule has 0 saturated carbocycles. The smallest absolute Gasteiger partial charge is 0.333 e. The first kappa shape index (κ1) is 20.2. The van der Waals surface area contributed by atoms with Crippen LogP contribution >= 0.6 is 0 Å². The van der Waals surface area contributed by atoms with Crippen molar-refractivity contribution in [3.63, 3.8) is 0 Å². The second-order valence-corrected chi connectivity index (χ2v) is 5.83. The van der Waals surface area contributed by atoms with E-state index in [1.54, 1.807) is 24.3 Å². The molecule has 0 unspecified atom stereocenters. The number of hydrogen-bond acceptors (Lipinski definition) is 6. The second kappa shape index (κ2) is 8.20. The van der Waals surface area contributed by atoms with Gasteiger partial charge in [-0.3, -0.25) is 4.79 Å². The molecule has 3 aromatic rings. The predicted molar refractivity (Wildman–Crippen MR) is 92.6 cm³/mol. The summed E-state index contributed by atoms with van der Waals surface area (Å²) >= 11 is 0. The van der Waals surface area contributed by atoms with Crippen molar-refractivity contribution in [2.24, 2.45) is 5.10 Å². The van der Waals surface area contributed by atoms with E-state index in [-0.39, 0.29) is 17.3 Å². The molecular formula is C17H14F4N6O2. The van der Waals surface area contributed by atoms with Gasteiger partial charge in [0.15, 0.2) is 0 Å². The van der Waals surface area contributed by atoms with Crippen LogP contribution in [0.15, 0.2) is 39.9 Å². The Morgan fingerprint density at radius 3 is 2.48 bits per heavy atom. The van der Waals surface area contributed by atoms with Crippen molar-refractivity contribution in [2.75, 3.05) is 7.05 Å². The van der Waals surface area contributed by atoms with Gasteiger partial charge in [-0.25, -0.2) is 5.01 Å². The Morgan fingerprint density at radius 1 is 1.21 bits per heavy atom. The Labute approximate surface area is 161 Å². The molecule has 0 aliphatic carbocycles. The van der Waals surface area contributed by atoms with Crippen LogP contribution < -0.4 is 0 Å². The fraction of sp³-hybridized carbons (Fsp3) is 0.235. The predicted octanol–water partition coefficient (Wildman–Crippen LogP) is 3.68. The molecule has 29 heavy (non-hydrogen) atoms. The highest BCUT2D eigenvalue weighted by atomic mass is 19.3. The summed E-state index contributed by atoms with van der Waals surface area (Å²) in [6.45, 7) is -1.46. The number of alkyl halides is 4. The third-order valence-electron chi connectivity index (χ3n) is 3.72. The average Bonchev–Trinajstić information content (AvgIpc) is 3.33. The van der Waals surface area contributed by atoms with Crippen LogP contribution in [0.4, 0.5) is 17.6 Å². The lowest BCUT2D eigenvalue weighted by atomic mass is 10.1.